The number of benzene rings is 2. The Morgan fingerprint density at radius 1 is 1.19 bits per heavy atom. The maximum atomic E-state index is 9.64. The molecule has 0 saturated heterocycles. The van der Waals surface area contributed by atoms with Crippen LogP contribution in [0.1, 0.15) is 30.0 Å². The third kappa shape index (κ3) is 3.03. The van der Waals surface area contributed by atoms with Crippen LogP contribution in [-0.4, -0.2) is 18.7 Å². The number of aromatic hydroxyl groups is 1. The van der Waals surface area contributed by atoms with Crippen LogP contribution in [0.5, 0.6) is 5.75 Å². The monoisotopic (exact) mass is 282 g/mol. The molecule has 0 fully saturated rings. The van der Waals surface area contributed by atoms with E-state index >= 15 is 0 Å². The minimum absolute atomic E-state index is 0.337. The van der Waals surface area contributed by atoms with Gasteiger partial charge in [-0.3, -0.25) is 0 Å². The molecule has 3 rings (SSSR count). The summed E-state index contributed by atoms with van der Waals surface area (Å²) in [7, 11) is 2.03. The lowest BCUT2D eigenvalue weighted by molar-refractivity contribution is 0.474. The van der Waals surface area contributed by atoms with Gasteiger partial charge in [-0.15, -0.1) is 0 Å². The smallest absolute Gasteiger partial charge is 0.115 e. The van der Waals surface area contributed by atoms with Crippen molar-refractivity contribution < 1.29 is 5.11 Å². The van der Waals surface area contributed by atoms with E-state index < -0.39 is 0 Å². The number of hydrogen-bond donors (Lipinski definition) is 2. The summed E-state index contributed by atoms with van der Waals surface area (Å²) in [5.74, 6) is 0.337. The number of hydrogen-bond acceptors (Lipinski definition) is 3. The summed E-state index contributed by atoms with van der Waals surface area (Å²) >= 11 is 0. The highest BCUT2D eigenvalue weighted by Gasteiger charge is 2.21. The molecule has 0 aliphatic carbocycles. The molecule has 0 radical (unpaired) electrons. The molecule has 1 aliphatic heterocycles. The highest BCUT2D eigenvalue weighted by molar-refractivity contribution is 5.56. The lowest BCUT2D eigenvalue weighted by Crippen LogP contribution is -2.23. The van der Waals surface area contributed by atoms with E-state index in [1.165, 1.54) is 17.7 Å². The highest BCUT2D eigenvalue weighted by atomic mass is 16.3. The molecule has 1 aliphatic rings. The molecule has 3 nitrogen and oxygen atoms in total. The van der Waals surface area contributed by atoms with Gasteiger partial charge in [-0.2, -0.15) is 0 Å². The zero-order chi connectivity index (χ0) is 14.7. The summed E-state index contributed by atoms with van der Waals surface area (Å²) in [6.07, 6.45) is 2.32. The number of nitrogens with one attached hydrogen (secondary N) is 1. The van der Waals surface area contributed by atoms with Crippen LogP contribution in [0.15, 0.2) is 48.5 Å². The van der Waals surface area contributed by atoms with E-state index in [1.807, 2.05) is 19.2 Å². The number of para-hydroxylation sites is 1. The molecule has 0 saturated carbocycles. The van der Waals surface area contributed by atoms with Gasteiger partial charge in [-0.1, -0.05) is 30.3 Å². The van der Waals surface area contributed by atoms with E-state index in [1.54, 1.807) is 6.07 Å². The fourth-order valence-corrected chi connectivity index (χ4v) is 3.17. The Morgan fingerprint density at radius 2 is 2.05 bits per heavy atom. The fraction of sp³-hybridized carbons (Fsp3) is 0.333. The van der Waals surface area contributed by atoms with Crippen LogP contribution in [0.2, 0.25) is 0 Å². The van der Waals surface area contributed by atoms with Gasteiger partial charge < -0.3 is 15.3 Å². The van der Waals surface area contributed by atoms with E-state index in [2.05, 4.69) is 40.5 Å². The summed E-state index contributed by atoms with van der Waals surface area (Å²) < 4.78 is 0. The van der Waals surface area contributed by atoms with Gasteiger partial charge in [0.2, 0.25) is 0 Å². The molecule has 0 amide bonds. The Labute approximate surface area is 126 Å². The van der Waals surface area contributed by atoms with E-state index in [-0.39, 0.29) is 0 Å². The topological polar surface area (TPSA) is 35.5 Å². The molecule has 110 valence electrons. The molecule has 2 aromatic carbocycles. The average Bonchev–Trinajstić information content (AvgIpc) is 2.67. The lowest BCUT2D eigenvalue weighted by Gasteiger charge is -2.26. The summed E-state index contributed by atoms with van der Waals surface area (Å²) in [4.78, 5) is 2.42. The maximum absolute atomic E-state index is 9.64. The van der Waals surface area contributed by atoms with Crippen LogP contribution in [-0.2, 0) is 6.54 Å². The molecule has 0 bridgehead atoms. The third-order valence-electron chi connectivity index (χ3n) is 4.21. The van der Waals surface area contributed by atoms with Gasteiger partial charge in [0, 0.05) is 24.8 Å². The second-order valence-corrected chi connectivity index (χ2v) is 5.63. The Hall–Kier alpha value is -2.00. The summed E-state index contributed by atoms with van der Waals surface area (Å²) in [6.45, 7) is 1.88. The van der Waals surface area contributed by atoms with Crippen LogP contribution in [0.4, 0.5) is 5.69 Å². The number of rotatable bonds is 3. The highest BCUT2D eigenvalue weighted by Crippen LogP contribution is 2.33. The average molecular weight is 282 g/mol. The predicted molar refractivity (Wildman–Crippen MR) is 86.6 cm³/mol. The van der Waals surface area contributed by atoms with Crippen LogP contribution in [0, 0.1) is 0 Å². The molecular formula is C18H22N2O. The Bertz CT molecular complexity index is 612. The van der Waals surface area contributed by atoms with Crippen LogP contribution in [0.25, 0.3) is 0 Å². The van der Waals surface area contributed by atoms with Crippen molar-refractivity contribution in [2.24, 2.45) is 0 Å². The van der Waals surface area contributed by atoms with Gasteiger partial charge in [-0.25, -0.2) is 0 Å². The van der Waals surface area contributed by atoms with Gasteiger partial charge in [0.25, 0.3) is 0 Å². The molecule has 1 heterocycles. The third-order valence-corrected chi connectivity index (χ3v) is 4.21. The van der Waals surface area contributed by atoms with Gasteiger partial charge in [0.05, 0.1) is 0 Å². The van der Waals surface area contributed by atoms with E-state index in [4.69, 9.17) is 0 Å². The molecule has 1 unspecified atom stereocenters. The van der Waals surface area contributed by atoms with Crippen molar-refractivity contribution in [2.45, 2.75) is 25.4 Å². The van der Waals surface area contributed by atoms with Crippen molar-refractivity contribution in [1.29, 1.82) is 0 Å². The molecule has 0 aromatic heterocycles. The maximum Gasteiger partial charge on any atom is 0.115 e. The van der Waals surface area contributed by atoms with Crippen LogP contribution in [0.3, 0.4) is 0 Å². The first-order valence-corrected chi connectivity index (χ1v) is 7.57. The largest absolute Gasteiger partial charge is 0.508 e. The molecular weight excluding hydrogens is 260 g/mol. The predicted octanol–water partition coefficient (Wildman–Crippen LogP) is 3.45. The Kier molecular flexibility index (Phi) is 4.11. The molecule has 3 heteroatoms. The molecule has 2 aromatic rings. The molecule has 2 N–H and O–H groups in total. The summed E-state index contributed by atoms with van der Waals surface area (Å²) in [6, 6.07) is 16.6. The fourth-order valence-electron chi connectivity index (χ4n) is 3.17. The number of fused-ring (bicyclic) bond motifs is 1. The lowest BCUT2D eigenvalue weighted by atomic mass is 10.0. The summed E-state index contributed by atoms with van der Waals surface area (Å²) in [5.41, 5.74) is 3.82. The van der Waals surface area contributed by atoms with Crippen molar-refractivity contribution in [2.75, 3.05) is 18.5 Å². The van der Waals surface area contributed by atoms with Crippen LogP contribution < -0.4 is 10.2 Å². The minimum atomic E-state index is 0.337. The SMILES string of the molecule is CNC1CCCN(Cc2cccc(O)c2)c2ccccc21. The van der Waals surface area contributed by atoms with Gasteiger partial charge >= 0.3 is 0 Å². The summed E-state index contributed by atoms with van der Waals surface area (Å²) in [5, 5.41) is 13.1. The number of anilines is 1. The van der Waals surface area contributed by atoms with E-state index in [0.717, 1.165) is 25.1 Å². The van der Waals surface area contributed by atoms with Gasteiger partial charge in [0.15, 0.2) is 0 Å². The van der Waals surface area contributed by atoms with E-state index in [0.29, 0.717) is 11.8 Å². The molecule has 0 spiro atoms. The normalized spacial score (nSPS) is 18.1. The van der Waals surface area contributed by atoms with Gasteiger partial charge in [0.1, 0.15) is 5.75 Å². The zero-order valence-corrected chi connectivity index (χ0v) is 12.4. The second kappa shape index (κ2) is 6.19. The Balaban J connectivity index is 1.91. The van der Waals surface area contributed by atoms with E-state index in [9.17, 15) is 5.11 Å². The second-order valence-electron chi connectivity index (χ2n) is 5.63. The van der Waals surface area contributed by atoms with Crippen molar-refractivity contribution in [3.63, 3.8) is 0 Å². The zero-order valence-electron chi connectivity index (χ0n) is 12.4. The van der Waals surface area contributed by atoms with Crippen molar-refractivity contribution in [1.82, 2.24) is 5.32 Å². The number of phenolic OH excluding ortho intramolecular Hbond substituents is 1. The van der Waals surface area contributed by atoms with Gasteiger partial charge in [-0.05, 0) is 49.2 Å². The molecule has 21 heavy (non-hydrogen) atoms. The number of nitrogens with zero attached hydrogens (tertiary/aromatic N) is 1. The first kappa shape index (κ1) is 14.0. The Morgan fingerprint density at radius 3 is 2.86 bits per heavy atom. The molecule has 1 atom stereocenters. The van der Waals surface area contributed by atoms with Crippen molar-refractivity contribution in [3.8, 4) is 5.75 Å². The first-order valence-electron chi connectivity index (χ1n) is 7.57. The standard InChI is InChI=1S/C18H22N2O/c1-19-17-9-5-11-20(18-10-3-2-8-16(17)18)13-14-6-4-7-15(21)12-14/h2-4,6-8,10,12,17,19,21H,5,9,11,13H2,1H3. The van der Waals surface area contributed by atoms with Crippen molar-refractivity contribution in [3.05, 3.63) is 59.7 Å². The minimum Gasteiger partial charge on any atom is -0.508 e. The number of phenols is 1. The first-order chi connectivity index (χ1) is 10.3. The van der Waals surface area contributed by atoms with Crippen molar-refractivity contribution >= 4 is 5.69 Å². The quantitative estimate of drug-likeness (QED) is 0.905. The van der Waals surface area contributed by atoms with Crippen LogP contribution >= 0.6 is 0 Å².